The Kier molecular flexibility index (Phi) is 7.06. The van der Waals surface area contributed by atoms with Gasteiger partial charge in [-0.15, -0.1) is 0 Å². The van der Waals surface area contributed by atoms with Gasteiger partial charge < -0.3 is 16.0 Å². The van der Waals surface area contributed by atoms with Crippen molar-refractivity contribution in [3.8, 4) is 0 Å². The first-order chi connectivity index (χ1) is 6.57. The van der Waals surface area contributed by atoms with Crippen molar-refractivity contribution >= 4 is 5.91 Å². The minimum absolute atomic E-state index is 0.000278. The molecule has 0 aromatic heterocycles. The monoisotopic (exact) mass is 199 g/mol. The summed E-state index contributed by atoms with van der Waals surface area (Å²) in [5.74, 6) is 0.000278. The Labute approximate surface area is 86.1 Å². The largest absolute Gasteiger partial charge is 0.351 e. The highest BCUT2D eigenvalue weighted by atomic mass is 16.1. The molecule has 0 bridgehead atoms. The van der Waals surface area contributed by atoms with Crippen molar-refractivity contribution in [3.63, 3.8) is 0 Å². The van der Waals surface area contributed by atoms with Crippen molar-refractivity contribution in [1.29, 1.82) is 0 Å². The molecule has 0 aliphatic rings. The molecule has 0 saturated carbocycles. The van der Waals surface area contributed by atoms with E-state index >= 15 is 0 Å². The zero-order valence-electron chi connectivity index (χ0n) is 9.34. The number of amides is 1. The van der Waals surface area contributed by atoms with Crippen LogP contribution in [0.5, 0.6) is 0 Å². The molecule has 82 valence electrons. The Hall–Kier alpha value is -0.870. The highest BCUT2D eigenvalue weighted by molar-refractivity contribution is 5.92. The van der Waals surface area contributed by atoms with Crippen LogP contribution in [0.2, 0.25) is 0 Å². The van der Waals surface area contributed by atoms with E-state index in [0.717, 1.165) is 18.5 Å². The van der Waals surface area contributed by atoms with Gasteiger partial charge in [-0.25, -0.2) is 0 Å². The van der Waals surface area contributed by atoms with Crippen molar-refractivity contribution < 1.29 is 4.79 Å². The highest BCUT2D eigenvalue weighted by Gasteiger charge is 2.01. The Bertz CT molecular complexity index is 200. The van der Waals surface area contributed by atoms with Crippen LogP contribution in [0.1, 0.15) is 13.3 Å². The Morgan fingerprint density at radius 2 is 2.14 bits per heavy atom. The van der Waals surface area contributed by atoms with Gasteiger partial charge in [-0.3, -0.25) is 4.79 Å². The number of likely N-dealkylation sites (N-methyl/N-ethyl adjacent to an activating group) is 1. The van der Waals surface area contributed by atoms with E-state index in [1.54, 1.807) is 6.92 Å². The zero-order valence-corrected chi connectivity index (χ0v) is 9.34. The Balaban J connectivity index is 3.73. The normalized spacial score (nSPS) is 11.9. The SMILES string of the molecule is CC(=CCCN)C(=O)NCCN(C)C. The van der Waals surface area contributed by atoms with Gasteiger partial charge in [0.25, 0.3) is 0 Å². The molecule has 0 rings (SSSR count). The molecular formula is C10H21N3O. The Morgan fingerprint density at radius 3 is 2.64 bits per heavy atom. The molecule has 0 atom stereocenters. The molecule has 3 N–H and O–H groups in total. The van der Waals surface area contributed by atoms with E-state index < -0.39 is 0 Å². The molecule has 0 aliphatic heterocycles. The smallest absolute Gasteiger partial charge is 0.246 e. The summed E-state index contributed by atoms with van der Waals surface area (Å²) in [5, 5.41) is 2.83. The number of rotatable bonds is 6. The molecule has 0 heterocycles. The van der Waals surface area contributed by atoms with Crippen LogP contribution < -0.4 is 11.1 Å². The molecule has 0 radical (unpaired) electrons. The number of nitrogens with zero attached hydrogens (tertiary/aromatic N) is 1. The van der Waals surface area contributed by atoms with Gasteiger partial charge >= 0.3 is 0 Å². The number of carbonyl (C=O) groups is 1. The van der Waals surface area contributed by atoms with Crippen molar-refractivity contribution in [2.75, 3.05) is 33.7 Å². The third-order valence-electron chi connectivity index (χ3n) is 1.82. The standard InChI is InChI=1S/C10H21N3O/c1-9(5-4-6-11)10(14)12-7-8-13(2)3/h5H,4,6-8,11H2,1-3H3,(H,12,14). The minimum atomic E-state index is 0.000278. The first kappa shape index (κ1) is 13.1. The van der Waals surface area contributed by atoms with Crippen molar-refractivity contribution in [3.05, 3.63) is 11.6 Å². The predicted molar refractivity (Wildman–Crippen MR) is 59.0 cm³/mol. The van der Waals surface area contributed by atoms with Crippen LogP contribution in [0.25, 0.3) is 0 Å². The topological polar surface area (TPSA) is 58.4 Å². The summed E-state index contributed by atoms with van der Waals surface area (Å²) in [5.41, 5.74) is 6.08. The molecule has 0 aromatic carbocycles. The number of nitrogens with one attached hydrogen (secondary N) is 1. The minimum Gasteiger partial charge on any atom is -0.351 e. The molecule has 0 aromatic rings. The van der Waals surface area contributed by atoms with E-state index in [-0.39, 0.29) is 5.91 Å². The van der Waals surface area contributed by atoms with Crippen LogP contribution in [-0.4, -0.2) is 44.5 Å². The highest BCUT2D eigenvalue weighted by Crippen LogP contribution is 1.93. The lowest BCUT2D eigenvalue weighted by atomic mass is 10.2. The molecular weight excluding hydrogens is 178 g/mol. The van der Waals surface area contributed by atoms with Crippen molar-refractivity contribution in [2.24, 2.45) is 5.73 Å². The van der Waals surface area contributed by atoms with E-state index in [0.29, 0.717) is 13.1 Å². The first-order valence-corrected chi connectivity index (χ1v) is 4.87. The van der Waals surface area contributed by atoms with Crippen LogP contribution in [0.15, 0.2) is 11.6 Å². The van der Waals surface area contributed by atoms with E-state index in [9.17, 15) is 4.79 Å². The molecule has 14 heavy (non-hydrogen) atoms. The maximum Gasteiger partial charge on any atom is 0.246 e. The summed E-state index contributed by atoms with van der Waals surface area (Å²) in [6.45, 7) is 3.93. The molecule has 4 nitrogen and oxygen atoms in total. The molecule has 0 spiro atoms. The summed E-state index contributed by atoms with van der Waals surface area (Å²) in [6.07, 6.45) is 2.62. The van der Waals surface area contributed by atoms with Gasteiger partial charge in [0.15, 0.2) is 0 Å². The van der Waals surface area contributed by atoms with Gasteiger partial charge in [0.1, 0.15) is 0 Å². The number of hydrogen-bond acceptors (Lipinski definition) is 3. The van der Waals surface area contributed by atoms with Crippen LogP contribution in [0, 0.1) is 0 Å². The number of hydrogen-bond donors (Lipinski definition) is 2. The first-order valence-electron chi connectivity index (χ1n) is 4.87. The maximum atomic E-state index is 11.4. The fourth-order valence-electron chi connectivity index (χ4n) is 0.925. The van der Waals surface area contributed by atoms with Crippen LogP contribution in [0.4, 0.5) is 0 Å². The molecule has 0 aliphatic carbocycles. The van der Waals surface area contributed by atoms with Crippen LogP contribution in [-0.2, 0) is 4.79 Å². The quantitative estimate of drug-likeness (QED) is 0.590. The van der Waals surface area contributed by atoms with Gasteiger partial charge in [-0.1, -0.05) is 6.08 Å². The average molecular weight is 199 g/mol. The van der Waals surface area contributed by atoms with E-state index in [4.69, 9.17) is 5.73 Å². The van der Waals surface area contributed by atoms with Crippen molar-refractivity contribution in [2.45, 2.75) is 13.3 Å². The van der Waals surface area contributed by atoms with Crippen LogP contribution >= 0.6 is 0 Å². The van der Waals surface area contributed by atoms with E-state index in [1.165, 1.54) is 0 Å². The summed E-state index contributed by atoms with van der Waals surface area (Å²) in [7, 11) is 3.95. The molecule has 0 fully saturated rings. The molecule has 0 unspecified atom stereocenters. The number of carbonyl (C=O) groups excluding carboxylic acids is 1. The number of nitrogens with two attached hydrogens (primary N) is 1. The Morgan fingerprint density at radius 1 is 1.50 bits per heavy atom. The summed E-state index contributed by atoms with van der Waals surface area (Å²) in [6, 6.07) is 0. The third kappa shape index (κ3) is 6.62. The van der Waals surface area contributed by atoms with Gasteiger partial charge in [0.05, 0.1) is 0 Å². The third-order valence-corrected chi connectivity index (χ3v) is 1.82. The van der Waals surface area contributed by atoms with E-state index in [2.05, 4.69) is 5.32 Å². The molecule has 4 heteroatoms. The van der Waals surface area contributed by atoms with Crippen LogP contribution in [0.3, 0.4) is 0 Å². The van der Waals surface area contributed by atoms with Gasteiger partial charge in [-0.2, -0.15) is 0 Å². The lowest BCUT2D eigenvalue weighted by molar-refractivity contribution is -0.117. The second-order valence-electron chi connectivity index (χ2n) is 3.52. The maximum absolute atomic E-state index is 11.4. The average Bonchev–Trinajstić information content (AvgIpc) is 2.13. The van der Waals surface area contributed by atoms with Gasteiger partial charge in [-0.05, 0) is 34.0 Å². The molecule has 0 saturated heterocycles. The lowest BCUT2D eigenvalue weighted by Crippen LogP contribution is -2.31. The van der Waals surface area contributed by atoms with Gasteiger partial charge in [0, 0.05) is 18.7 Å². The summed E-state index contributed by atoms with van der Waals surface area (Å²) < 4.78 is 0. The lowest BCUT2D eigenvalue weighted by Gasteiger charge is -2.10. The second kappa shape index (κ2) is 7.53. The fraction of sp³-hybridized carbons (Fsp3) is 0.700. The summed E-state index contributed by atoms with van der Waals surface area (Å²) >= 11 is 0. The summed E-state index contributed by atoms with van der Waals surface area (Å²) in [4.78, 5) is 13.4. The second-order valence-corrected chi connectivity index (χ2v) is 3.52. The van der Waals surface area contributed by atoms with Gasteiger partial charge in [0.2, 0.25) is 5.91 Å². The molecule has 1 amide bonds. The van der Waals surface area contributed by atoms with E-state index in [1.807, 2.05) is 25.1 Å². The fourth-order valence-corrected chi connectivity index (χ4v) is 0.925. The van der Waals surface area contributed by atoms with Crippen molar-refractivity contribution in [1.82, 2.24) is 10.2 Å². The zero-order chi connectivity index (χ0) is 11.0. The predicted octanol–water partition coefficient (Wildman–Crippen LogP) is -0.0407.